The van der Waals surface area contributed by atoms with E-state index in [2.05, 4.69) is 11.9 Å². The molecule has 1 aromatic heterocycles. The number of aromatic nitrogens is 1. The van der Waals surface area contributed by atoms with Crippen LogP contribution in [0.3, 0.4) is 0 Å². The van der Waals surface area contributed by atoms with Crippen molar-refractivity contribution in [2.45, 2.75) is 24.8 Å². The molecule has 0 saturated carbocycles. The number of unbranched alkanes of at least 4 members (excludes halogenated alkanes) is 1. The van der Waals surface area contributed by atoms with Crippen molar-refractivity contribution in [2.75, 3.05) is 5.75 Å². The van der Waals surface area contributed by atoms with Crippen LogP contribution in [0.5, 0.6) is 0 Å². The highest BCUT2D eigenvalue weighted by Crippen LogP contribution is 2.16. The standard InChI is InChI=1S/C10H13NO2S/c1-2-3-6-14-9-5-4-8(7-11-9)10(12)13/h4-5,7H,2-3,6H2,1H3,(H,12,13). The van der Waals surface area contributed by atoms with Gasteiger partial charge >= 0.3 is 5.97 Å². The summed E-state index contributed by atoms with van der Waals surface area (Å²) in [6.45, 7) is 2.14. The van der Waals surface area contributed by atoms with Crippen molar-refractivity contribution in [2.24, 2.45) is 0 Å². The summed E-state index contributed by atoms with van der Waals surface area (Å²) in [6.07, 6.45) is 3.73. The molecule has 1 rings (SSSR count). The molecule has 0 unspecified atom stereocenters. The maximum Gasteiger partial charge on any atom is 0.337 e. The zero-order chi connectivity index (χ0) is 10.4. The van der Waals surface area contributed by atoms with Gasteiger partial charge in [0.25, 0.3) is 0 Å². The fourth-order valence-electron chi connectivity index (χ4n) is 0.913. The molecule has 1 heterocycles. The Hall–Kier alpha value is -1.03. The van der Waals surface area contributed by atoms with E-state index in [1.807, 2.05) is 0 Å². The van der Waals surface area contributed by atoms with Gasteiger partial charge in [-0.1, -0.05) is 13.3 Å². The molecule has 1 aromatic rings. The second kappa shape index (κ2) is 5.65. The Kier molecular flexibility index (Phi) is 4.46. The third-order valence-corrected chi connectivity index (χ3v) is 2.76. The van der Waals surface area contributed by atoms with Gasteiger partial charge in [-0.3, -0.25) is 0 Å². The van der Waals surface area contributed by atoms with E-state index in [1.165, 1.54) is 12.6 Å². The van der Waals surface area contributed by atoms with Gasteiger partial charge in [-0.15, -0.1) is 11.8 Å². The smallest absolute Gasteiger partial charge is 0.337 e. The van der Waals surface area contributed by atoms with Crippen LogP contribution in [0.4, 0.5) is 0 Å². The molecule has 0 bridgehead atoms. The second-order valence-corrected chi connectivity index (χ2v) is 4.01. The summed E-state index contributed by atoms with van der Waals surface area (Å²) < 4.78 is 0. The molecule has 1 N–H and O–H groups in total. The van der Waals surface area contributed by atoms with Crippen molar-refractivity contribution in [3.05, 3.63) is 23.9 Å². The fourth-order valence-corrected chi connectivity index (χ4v) is 1.85. The molecule has 4 heteroatoms. The summed E-state index contributed by atoms with van der Waals surface area (Å²) >= 11 is 1.66. The minimum Gasteiger partial charge on any atom is -0.478 e. The van der Waals surface area contributed by atoms with Crippen molar-refractivity contribution in [3.63, 3.8) is 0 Å². The molecule has 0 aliphatic carbocycles. The lowest BCUT2D eigenvalue weighted by molar-refractivity contribution is 0.0696. The van der Waals surface area contributed by atoms with E-state index >= 15 is 0 Å². The van der Waals surface area contributed by atoms with Gasteiger partial charge in [0, 0.05) is 6.20 Å². The summed E-state index contributed by atoms with van der Waals surface area (Å²) in [7, 11) is 0. The van der Waals surface area contributed by atoms with Crippen molar-refractivity contribution in [3.8, 4) is 0 Å². The lowest BCUT2D eigenvalue weighted by Crippen LogP contribution is -1.96. The molecule has 0 aromatic carbocycles. The predicted molar refractivity (Wildman–Crippen MR) is 56.8 cm³/mol. The summed E-state index contributed by atoms with van der Waals surface area (Å²) in [4.78, 5) is 14.6. The molecule has 0 radical (unpaired) electrons. The number of pyridine rings is 1. The lowest BCUT2D eigenvalue weighted by Gasteiger charge is -1.99. The Labute approximate surface area is 87.6 Å². The molecule has 0 aliphatic heterocycles. The Morgan fingerprint density at radius 2 is 2.36 bits per heavy atom. The van der Waals surface area contributed by atoms with Crippen LogP contribution in [0, 0.1) is 0 Å². The molecule has 14 heavy (non-hydrogen) atoms. The number of carbonyl (C=O) groups is 1. The summed E-state index contributed by atoms with van der Waals surface area (Å²) in [6, 6.07) is 3.34. The normalized spacial score (nSPS) is 10.1. The van der Waals surface area contributed by atoms with Gasteiger partial charge in [-0.25, -0.2) is 9.78 Å². The van der Waals surface area contributed by atoms with Gasteiger partial charge in [-0.2, -0.15) is 0 Å². The zero-order valence-corrected chi connectivity index (χ0v) is 8.88. The Bertz CT molecular complexity index is 297. The molecular weight excluding hydrogens is 198 g/mol. The molecule has 0 fully saturated rings. The first kappa shape index (κ1) is 11.0. The largest absolute Gasteiger partial charge is 0.478 e. The highest BCUT2D eigenvalue weighted by atomic mass is 32.2. The van der Waals surface area contributed by atoms with Crippen molar-refractivity contribution in [1.29, 1.82) is 0 Å². The van der Waals surface area contributed by atoms with E-state index < -0.39 is 5.97 Å². The lowest BCUT2D eigenvalue weighted by atomic mass is 10.3. The van der Waals surface area contributed by atoms with Gasteiger partial charge in [-0.05, 0) is 24.3 Å². The molecule has 0 spiro atoms. The number of aromatic carboxylic acids is 1. The minimum absolute atomic E-state index is 0.241. The van der Waals surface area contributed by atoms with E-state index in [0.29, 0.717) is 0 Å². The number of carboxylic acid groups (broad SMARTS) is 1. The summed E-state index contributed by atoms with van der Waals surface area (Å²) in [5.41, 5.74) is 0.241. The molecular formula is C10H13NO2S. The molecule has 76 valence electrons. The zero-order valence-electron chi connectivity index (χ0n) is 8.06. The van der Waals surface area contributed by atoms with Crippen LogP contribution in [0.1, 0.15) is 30.1 Å². The fraction of sp³-hybridized carbons (Fsp3) is 0.400. The Morgan fingerprint density at radius 1 is 1.57 bits per heavy atom. The van der Waals surface area contributed by atoms with E-state index in [4.69, 9.17) is 5.11 Å². The van der Waals surface area contributed by atoms with Crippen LogP contribution in [-0.2, 0) is 0 Å². The molecule has 0 atom stereocenters. The molecule has 0 saturated heterocycles. The first-order chi connectivity index (χ1) is 6.74. The first-order valence-electron chi connectivity index (χ1n) is 4.56. The number of rotatable bonds is 5. The monoisotopic (exact) mass is 211 g/mol. The highest BCUT2D eigenvalue weighted by Gasteiger charge is 2.02. The maximum absolute atomic E-state index is 10.5. The highest BCUT2D eigenvalue weighted by molar-refractivity contribution is 7.99. The third kappa shape index (κ3) is 3.38. The average Bonchev–Trinajstić information content (AvgIpc) is 2.19. The van der Waals surface area contributed by atoms with Crippen LogP contribution in [0.25, 0.3) is 0 Å². The third-order valence-electron chi connectivity index (χ3n) is 1.73. The Morgan fingerprint density at radius 3 is 2.86 bits per heavy atom. The van der Waals surface area contributed by atoms with Gasteiger partial charge in [0.2, 0.25) is 0 Å². The number of carboxylic acids is 1. The number of hydrogen-bond donors (Lipinski definition) is 1. The molecule has 0 aliphatic rings. The number of nitrogens with zero attached hydrogens (tertiary/aromatic N) is 1. The van der Waals surface area contributed by atoms with E-state index in [1.54, 1.807) is 23.9 Å². The number of thioether (sulfide) groups is 1. The van der Waals surface area contributed by atoms with Gasteiger partial charge < -0.3 is 5.11 Å². The van der Waals surface area contributed by atoms with Crippen LogP contribution in [-0.4, -0.2) is 21.8 Å². The van der Waals surface area contributed by atoms with Gasteiger partial charge in [0.1, 0.15) is 0 Å². The van der Waals surface area contributed by atoms with Crippen LogP contribution >= 0.6 is 11.8 Å². The predicted octanol–water partition coefficient (Wildman–Crippen LogP) is 2.67. The second-order valence-electron chi connectivity index (χ2n) is 2.89. The molecule has 3 nitrogen and oxygen atoms in total. The van der Waals surface area contributed by atoms with E-state index in [9.17, 15) is 4.79 Å². The van der Waals surface area contributed by atoms with Crippen LogP contribution < -0.4 is 0 Å². The van der Waals surface area contributed by atoms with Crippen molar-refractivity contribution in [1.82, 2.24) is 4.98 Å². The van der Waals surface area contributed by atoms with E-state index in [0.717, 1.165) is 17.2 Å². The average molecular weight is 211 g/mol. The van der Waals surface area contributed by atoms with Gasteiger partial charge in [0.15, 0.2) is 0 Å². The Balaban J connectivity index is 2.51. The molecule has 0 amide bonds. The maximum atomic E-state index is 10.5. The topological polar surface area (TPSA) is 50.2 Å². The quantitative estimate of drug-likeness (QED) is 0.601. The minimum atomic E-state index is -0.928. The summed E-state index contributed by atoms with van der Waals surface area (Å²) in [5, 5.41) is 9.54. The van der Waals surface area contributed by atoms with E-state index in [-0.39, 0.29) is 5.56 Å². The van der Waals surface area contributed by atoms with Crippen molar-refractivity contribution >= 4 is 17.7 Å². The van der Waals surface area contributed by atoms with Crippen LogP contribution in [0.15, 0.2) is 23.4 Å². The first-order valence-corrected chi connectivity index (χ1v) is 5.54. The summed E-state index contributed by atoms with van der Waals surface area (Å²) in [5.74, 6) is 0.109. The number of hydrogen-bond acceptors (Lipinski definition) is 3. The van der Waals surface area contributed by atoms with Crippen LogP contribution in [0.2, 0.25) is 0 Å². The SMILES string of the molecule is CCCCSc1ccc(C(=O)O)cn1. The van der Waals surface area contributed by atoms with Gasteiger partial charge in [0.05, 0.1) is 10.6 Å². The van der Waals surface area contributed by atoms with Crippen molar-refractivity contribution < 1.29 is 9.90 Å².